The van der Waals surface area contributed by atoms with E-state index in [1.54, 1.807) is 6.08 Å². The third kappa shape index (κ3) is 6.23. The molecule has 2 nitrogen and oxygen atoms in total. The van der Waals surface area contributed by atoms with Crippen LogP contribution >= 0.6 is 0 Å². The first-order chi connectivity index (χ1) is 7.11. The lowest BCUT2D eigenvalue weighted by molar-refractivity contribution is 0.440. The standard InChI is InChI=1S/C13H17NO/c1-6-8-12(5)13(14-11(3)4)9-10-15-7-2/h2,6,8-10,14H,3H2,1,4-5H3/b8-6-,10-9-,13-12+. The van der Waals surface area contributed by atoms with Crippen molar-refractivity contribution in [3.05, 3.63) is 48.0 Å². The van der Waals surface area contributed by atoms with Crippen LogP contribution in [0.2, 0.25) is 0 Å². The lowest BCUT2D eigenvalue weighted by atomic mass is 10.2. The molecule has 80 valence electrons. The van der Waals surface area contributed by atoms with Crippen molar-refractivity contribution in [2.45, 2.75) is 20.8 Å². The van der Waals surface area contributed by atoms with Crippen LogP contribution in [0.3, 0.4) is 0 Å². The van der Waals surface area contributed by atoms with Gasteiger partial charge in [0, 0.05) is 11.4 Å². The Morgan fingerprint density at radius 1 is 1.40 bits per heavy atom. The van der Waals surface area contributed by atoms with Crippen LogP contribution in [0.25, 0.3) is 0 Å². The Labute approximate surface area is 92.0 Å². The molecule has 0 heterocycles. The number of allylic oxidation sites excluding steroid dienone is 5. The van der Waals surface area contributed by atoms with Crippen molar-refractivity contribution in [2.75, 3.05) is 0 Å². The largest absolute Gasteiger partial charge is 0.415 e. The van der Waals surface area contributed by atoms with Gasteiger partial charge in [0.15, 0.2) is 0 Å². The van der Waals surface area contributed by atoms with E-state index in [-0.39, 0.29) is 0 Å². The average Bonchev–Trinajstić information content (AvgIpc) is 2.16. The van der Waals surface area contributed by atoms with E-state index in [0.717, 1.165) is 17.0 Å². The summed E-state index contributed by atoms with van der Waals surface area (Å²) in [6, 6.07) is 0. The SMILES string of the molecule is C#CO\C=C/C(NC(=C)C)=C(C)\C=C/C. The molecule has 0 amide bonds. The van der Waals surface area contributed by atoms with Crippen molar-refractivity contribution in [2.24, 2.45) is 0 Å². The number of hydrogen-bond donors (Lipinski definition) is 1. The van der Waals surface area contributed by atoms with Gasteiger partial charge in [-0.3, -0.25) is 0 Å². The molecule has 0 aliphatic heterocycles. The summed E-state index contributed by atoms with van der Waals surface area (Å²) in [6.07, 6.45) is 14.2. The van der Waals surface area contributed by atoms with E-state index < -0.39 is 0 Å². The Hall–Kier alpha value is -1.88. The van der Waals surface area contributed by atoms with Gasteiger partial charge >= 0.3 is 0 Å². The minimum atomic E-state index is 0.860. The van der Waals surface area contributed by atoms with Crippen LogP contribution in [0.15, 0.2) is 48.0 Å². The van der Waals surface area contributed by atoms with Crippen molar-refractivity contribution in [1.29, 1.82) is 0 Å². The van der Waals surface area contributed by atoms with Crippen LogP contribution in [0, 0.1) is 12.5 Å². The molecule has 0 fully saturated rings. The highest BCUT2D eigenvalue weighted by Crippen LogP contribution is 2.06. The highest BCUT2D eigenvalue weighted by molar-refractivity contribution is 5.31. The quantitative estimate of drug-likeness (QED) is 0.421. The molecule has 15 heavy (non-hydrogen) atoms. The molecular formula is C13H17NO. The summed E-state index contributed by atoms with van der Waals surface area (Å²) in [4.78, 5) is 0. The number of nitrogens with one attached hydrogen (secondary N) is 1. The second-order valence-electron chi connectivity index (χ2n) is 3.04. The fraction of sp³-hybridized carbons (Fsp3) is 0.231. The molecule has 0 rings (SSSR count). The van der Waals surface area contributed by atoms with E-state index in [4.69, 9.17) is 11.2 Å². The molecule has 0 atom stereocenters. The first-order valence-corrected chi connectivity index (χ1v) is 4.65. The van der Waals surface area contributed by atoms with E-state index >= 15 is 0 Å². The van der Waals surface area contributed by atoms with Crippen molar-refractivity contribution >= 4 is 0 Å². The second-order valence-corrected chi connectivity index (χ2v) is 3.04. The second kappa shape index (κ2) is 7.52. The van der Waals surface area contributed by atoms with Crippen LogP contribution in [-0.4, -0.2) is 0 Å². The van der Waals surface area contributed by atoms with Gasteiger partial charge in [0.2, 0.25) is 0 Å². The van der Waals surface area contributed by atoms with Crippen molar-refractivity contribution in [3.8, 4) is 12.5 Å². The summed E-state index contributed by atoms with van der Waals surface area (Å²) in [6.45, 7) is 9.62. The van der Waals surface area contributed by atoms with E-state index in [2.05, 4.69) is 18.0 Å². The van der Waals surface area contributed by atoms with Crippen molar-refractivity contribution in [3.63, 3.8) is 0 Å². The van der Waals surface area contributed by atoms with Gasteiger partial charge in [-0.2, -0.15) is 0 Å². The Kier molecular flexibility index (Phi) is 6.57. The maximum atomic E-state index is 4.96. The molecule has 0 bridgehead atoms. The third-order valence-electron chi connectivity index (χ3n) is 1.56. The van der Waals surface area contributed by atoms with Crippen LogP contribution < -0.4 is 5.32 Å². The van der Waals surface area contributed by atoms with Gasteiger partial charge < -0.3 is 10.1 Å². The predicted molar refractivity (Wildman–Crippen MR) is 64.5 cm³/mol. The summed E-state index contributed by atoms with van der Waals surface area (Å²) < 4.78 is 4.69. The number of ether oxygens (including phenoxy) is 1. The molecule has 0 aromatic heterocycles. The minimum absolute atomic E-state index is 0.860. The number of terminal acetylenes is 1. The number of hydrogen-bond acceptors (Lipinski definition) is 2. The maximum Gasteiger partial charge on any atom is 0.112 e. The Morgan fingerprint density at radius 2 is 2.07 bits per heavy atom. The van der Waals surface area contributed by atoms with Crippen LogP contribution in [0.1, 0.15) is 20.8 Å². The minimum Gasteiger partial charge on any atom is -0.415 e. The van der Waals surface area contributed by atoms with Gasteiger partial charge in [0.25, 0.3) is 0 Å². The van der Waals surface area contributed by atoms with Gasteiger partial charge in [-0.15, -0.1) is 0 Å². The lowest BCUT2D eigenvalue weighted by Gasteiger charge is -2.08. The summed E-state index contributed by atoms with van der Waals surface area (Å²) in [7, 11) is 0. The summed E-state index contributed by atoms with van der Waals surface area (Å²) >= 11 is 0. The predicted octanol–water partition coefficient (Wildman–Crippen LogP) is 3.08. The highest BCUT2D eigenvalue weighted by atomic mass is 16.5. The summed E-state index contributed by atoms with van der Waals surface area (Å²) in [5.74, 6) is 0. The molecule has 0 saturated carbocycles. The smallest absolute Gasteiger partial charge is 0.112 e. The van der Waals surface area contributed by atoms with Gasteiger partial charge in [0.05, 0.1) is 0 Å². The average molecular weight is 203 g/mol. The maximum absolute atomic E-state index is 4.96. The zero-order valence-corrected chi connectivity index (χ0v) is 9.50. The van der Waals surface area contributed by atoms with Gasteiger partial charge in [-0.1, -0.05) is 25.2 Å². The Bertz CT molecular complexity index is 340. The molecule has 1 N–H and O–H groups in total. The third-order valence-corrected chi connectivity index (χ3v) is 1.56. The van der Waals surface area contributed by atoms with E-state index in [0.29, 0.717) is 0 Å². The molecule has 0 aliphatic carbocycles. The van der Waals surface area contributed by atoms with Crippen molar-refractivity contribution < 1.29 is 4.74 Å². The molecule has 0 saturated heterocycles. The first-order valence-electron chi connectivity index (χ1n) is 4.65. The molecule has 0 spiro atoms. The van der Waals surface area contributed by atoms with E-state index in [1.807, 2.05) is 32.9 Å². The Morgan fingerprint density at radius 3 is 2.53 bits per heavy atom. The summed E-state index contributed by atoms with van der Waals surface area (Å²) in [5.41, 5.74) is 2.85. The zero-order valence-electron chi connectivity index (χ0n) is 9.50. The van der Waals surface area contributed by atoms with E-state index in [9.17, 15) is 0 Å². The van der Waals surface area contributed by atoms with E-state index in [1.165, 1.54) is 6.26 Å². The molecule has 0 aromatic carbocycles. The number of rotatable bonds is 5. The van der Waals surface area contributed by atoms with Crippen molar-refractivity contribution in [1.82, 2.24) is 5.32 Å². The zero-order chi connectivity index (χ0) is 11.7. The van der Waals surface area contributed by atoms with Crippen LogP contribution in [-0.2, 0) is 4.74 Å². The summed E-state index contributed by atoms with van der Waals surface area (Å²) in [5, 5.41) is 3.12. The topological polar surface area (TPSA) is 21.3 Å². The van der Waals surface area contributed by atoms with Gasteiger partial charge in [-0.25, -0.2) is 0 Å². The molecule has 0 aromatic rings. The molecule has 0 radical (unpaired) electrons. The monoisotopic (exact) mass is 203 g/mol. The first kappa shape index (κ1) is 13.1. The molecular weight excluding hydrogens is 186 g/mol. The van der Waals surface area contributed by atoms with Crippen LogP contribution in [0.5, 0.6) is 0 Å². The van der Waals surface area contributed by atoms with Crippen LogP contribution in [0.4, 0.5) is 0 Å². The Balaban J connectivity index is 4.81. The molecule has 0 aliphatic rings. The lowest BCUT2D eigenvalue weighted by Crippen LogP contribution is -2.09. The highest BCUT2D eigenvalue weighted by Gasteiger charge is 1.95. The van der Waals surface area contributed by atoms with Gasteiger partial charge in [0.1, 0.15) is 12.4 Å². The fourth-order valence-electron chi connectivity index (χ4n) is 0.983. The molecule has 2 heteroatoms. The normalized spacial score (nSPS) is 12.4. The fourth-order valence-corrected chi connectivity index (χ4v) is 0.983. The van der Waals surface area contributed by atoms with Gasteiger partial charge in [-0.05, 0) is 32.4 Å². The molecule has 0 unspecified atom stereocenters.